The molecule has 2 aromatic heterocycles. The molecule has 30 heavy (non-hydrogen) atoms. The van der Waals surface area contributed by atoms with Crippen LogP contribution in [-0.2, 0) is 11.3 Å². The number of aliphatic hydroxyl groups is 1. The van der Waals surface area contributed by atoms with E-state index in [-0.39, 0.29) is 5.56 Å². The zero-order valence-electron chi connectivity index (χ0n) is 17.9. The van der Waals surface area contributed by atoms with Gasteiger partial charge in [0.05, 0.1) is 24.6 Å². The Morgan fingerprint density at radius 2 is 2.00 bits per heavy atom. The maximum atomic E-state index is 13.0. The number of fused-ring (bicyclic) bond motifs is 1. The molecule has 0 aliphatic rings. The predicted octanol–water partition coefficient (Wildman–Crippen LogP) is 3.27. The van der Waals surface area contributed by atoms with Crippen LogP contribution in [0.15, 0.2) is 34.4 Å². The van der Waals surface area contributed by atoms with Crippen LogP contribution < -0.4 is 10.3 Å². The van der Waals surface area contributed by atoms with Crippen molar-refractivity contribution < 1.29 is 14.6 Å². The number of H-pyrrole nitrogens is 1. The number of nitrogens with one attached hydrogen (secondary N) is 1. The van der Waals surface area contributed by atoms with Gasteiger partial charge in [0.25, 0.3) is 5.56 Å². The number of hydrogen-bond donors (Lipinski definition) is 2. The molecule has 1 aromatic carbocycles. The molecule has 2 heterocycles. The monoisotopic (exact) mass is 431 g/mol. The van der Waals surface area contributed by atoms with Crippen LogP contribution >= 0.6 is 11.3 Å². The van der Waals surface area contributed by atoms with E-state index in [0.717, 1.165) is 29.8 Å². The van der Waals surface area contributed by atoms with E-state index in [4.69, 9.17) is 14.5 Å². The molecule has 2 N–H and O–H groups in total. The molecule has 0 fully saturated rings. The fourth-order valence-corrected chi connectivity index (χ4v) is 4.50. The molecule has 0 aliphatic carbocycles. The summed E-state index contributed by atoms with van der Waals surface area (Å²) >= 11 is 1.44. The Labute approximate surface area is 180 Å². The topological polar surface area (TPSA) is 87.7 Å². The van der Waals surface area contributed by atoms with Gasteiger partial charge in [-0.3, -0.25) is 9.69 Å². The summed E-state index contributed by atoms with van der Waals surface area (Å²) in [5.74, 6) is 1.30. The van der Waals surface area contributed by atoms with Gasteiger partial charge in [-0.1, -0.05) is 18.2 Å². The summed E-state index contributed by atoms with van der Waals surface area (Å²) in [4.78, 5) is 23.4. The minimum Gasteiger partial charge on any atom is -0.496 e. The van der Waals surface area contributed by atoms with E-state index in [9.17, 15) is 9.90 Å². The molecule has 3 aromatic rings. The summed E-state index contributed by atoms with van der Waals surface area (Å²) < 4.78 is 10.6. The fourth-order valence-electron chi connectivity index (χ4n) is 3.54. The van der Waals surface area contributed by atoms with Crippen molar-refractivity contribution in [1.29, 1.82) is 0 Å². The molecule has 0 unspecified atom stereocenters. The molecule has 0 atom stereocenters. The number of ether oxygens (including phenoxy) is 2. The summed E-state index contributed by atoms with van der Waals surface area (Å²) in [6, 6.07) is 7.64. The molecular weight excluding hydrogens is 402 g/mol. The van der Waals surface area contributed by atoms with Crippen molar-refractivity contribution in [3.05, 3.63) is 45.8 Å². The summed E-state index contributed by atoms with van der Waals surface area (Å²) in [5, 5.41) is 12.8. The second kappa shape index (κ2) is 9.70. The highest BCUT2D eigenvalue weighted by Gasteiger charge is 2.20. The third-order valence-corrected chi connectivity index (χ3v) is 5.57. The first-order valence-electron chi connectivity index (χ1n) is 9.90. The fraction of sp³-hybridized carbons (Fsp3) is 0.455. The Morgan fingerprint density at radius 3 is 2.70 bits per heavy atom. The Hall–Kier alpha value is -2.26. The van der Waals surface area contributed by atoms with Gasteiger partial charge in [0.15, 0.2) is 0 Å². The number of rotatable bonds is 10. The number of methoxy groups -OCH3 is 2. The van der Waals surface area contributed by atoms with Gasteiger partial charge in [-0.15, -0.1) is 11.3 Å². The normalized spacial score (nSPS) is 12.1. The van der Waals surface area contributed by atoms with Gasteiger partial charge in [0.2, 0.25) is 0 Å². The van der Waals surface area contributed by atoms with Crippen molar-refractivity contribution in [3.8, 4) is 16.9 Å². The predicted molar refractivity (Wildman–Crippen MR) is 120 cm³/mol. The zero-order valence-corrected chi connectivity index (χ0v) is 18.7. The third-order valence-electron chi connectivity index (χ3n) is 4.70. The lowest BCUT2D eigenvalue weighted by Crippen LogP contribution is -2.39. The van der Waals surface area contributed by atoms with Gasteiger partial charge in [0, 0.05) is 43.3 Å². The Bertz CT molecular complexity index is 1040. The highest BCUT2D eigenvalue weighted by atomic mass is 32.1. The molecule has 0 aliphatic heterocycles. The Kier molecular flexibility index (Phi) is 7.25. The summed E-state index contributed by atoms with van der Waals surface area (Å²) in [6.45, 7) is 5.83. The summed E-state index contributed by atoms with van der Waals surface area (Å²) in [6.07, 6.45) is 0.829. The molecule has 8 heteroatoms. The van der Waals surface area contributed by atoms with E-state index in [1.807, 2.05) is 29.6 Å². The quantitative estimate of drug-likeness (QED) is 0.479. The molecule has 162 valence electrons. The summed E-state index contributed by atoms with van der Waals surface area (Å²) in [7, 11) is 3.29. The van der Waals surface area contributed by atoms with E-state index < -0.39 is 5.60 Å². The maximum Gasteiger partial charge on any atom is 0.260 e. The molecule has 0 amide bonds. The highest BCUT2D eigenvalue weighted by molar-refractivity contribution is 7.17. The van der Waals surface area contributed by atoms with Crippen LogP contribution in [0.25, 0.3) is 21.3 Å². The maximum absolute atomic E-state index is 13.0. The lowest BCUT2D eigenvalue weighted by atomic mass is 10.1. The number of aromatic nitrogens is 2. The van der Waals surface area contributed by atoms with Gasteiger partial charge in [0.1, 0.15) is 16.4 Å². The van der Waals surface area contributed by atoms with Crippen LogP contribution in [0.4, 0.5) is 0 Å². The van der Waals surface area contributed by atoms with Crippen LogP contribution in [0.2, 0.25) is 0 Å². The van der Waals surface area contributed by atoms with E-state index in [2.05, 4.69) is 9.88 Å². The van der Waals surface area contributed by atoms with Gasteiger partial charge >= 0.3 is 0 Å². The second-order valence-electron chi connectivity index (χ2n) is 7.91. The highest BCUT2D eigenvalue weighted by Crippen LogP contribution is 2.36. The lowest BCUT2D eigenvalue weighted by Gasteiger charge is -2.28. The number of benzene rings is 1. The minimum absolute atomic E-state index is 0.169. The molecule has 0 saturated carbocycles. The van der Waals surface area contributed by atoms with Crippen molar-refractivity contribution in [1.82, 2.24) is 14.9 Å². The van der Waals surface area contributed by atoms with E-state index in [0.29, 0.717) is 35.7 Å². The number of thiophene rings is 1. The van der Waals surface area contributed by atoms with Gasteiger partial charge in [-0.05, 0) is 26.3 Å². The largest absolute Gasteiger partial charge is 0.496 e. The number of hydrogen-bond acceptors (Lipinski definition) is 7. The number of para-hydroxylation sites is 1. The van der Waals surface area contributed by atoms with Crippen molar-refractivity contribution in [2.24, 2.45) is 0 Å². The van der Waals surface area contributed by atoms with Crippen molar-refractivity contribution >= 4 is 21.6 Å². The molecule has 0 bridgehead atoms. The van der Waals surface area contributed by atoms with E-state index in [1.165, 1.54) is 11.3 Å². The average Bonchev–Trinajstić information content (AvgIpc) is 3.11. The van der Waals surface area contributed by atoms with Gasteiger partial charge < -0.3 is 19.6 Å². The number of aromatic amines is 1. The molecular formula is C22H29N3O4S. The Balaban J connectivity index is 1.92. The molecule has 0 spiro atoms. The van der Waals surface area contributed by atoms with Crippen molar-refractivity contribution in [2.75, 3.05) is 33.9 Å². The molecule has 7 nitrogen and oxygen atoms in total. The van der Waals surface area contributed by atoms with Crippen LogP contribution in [0.1, 0.15) is 26.1 Å². The first-order chi connectivity index (χ1) is 14.3. The van der Waals surface area contributed by atoms with Gasteiger partial charge in [-0.25, -0.2) is 4.98 Å². The number of nitrogens with zero attached hydrogens (tertiary/aromatic N) is 2. The van der Waals surface area contributed by atoms with E-state index >= 15 is 0 Å². The van der Waals surface area contributed by atoms with Crippen LogP contribution in [-0.4, -0.2) is 59.5 Å². The standard InChI is InChI=1S/C22H29N3O4S/c1-22(2,27)14-25(10-7-11-28-3)12-18-23-20(26)19-16(13-30-21(19)24-18)15-8-5-6-9-17(15)29-4/h5-6,8-9,13,27H,7,10-12,14H2,1-4H3,(H,23,24,26). The first kappa shape index (κ1) is 22.4. The SMILES string of the molecule is COCCCN(Cc1nc2scc(-c3ccccc3OC)c2c(=O)[nH]1)CC(C)(C)O. The van der Waals surface area contributed by atoms with Crippen LogP contribution in [0.5, 0.6) is 5.75 Å². The minimum atomic E-state index is -0.850. The second-order valence-corrected chi connectivity index (χ2v) is 8.77. The van der Waals surface area contributed by atoms with E-state index in [1.54, 1.807) is 28.1 Å². The van der Waals surface area contributed by atoms with Crippen LogP contribution in [0, 0.1) is 0 Å². The average molecular weight is 432 g/mol. The molecule has 3 rings (SSSR count). The van der Waals surface area contributed by atoms with Crippen molar-refractivity contribution in [2.45, 2.75) is 32.4 Å². The Morgan fingerprint density at radius 1 is 1.23 bits per heavy atom. The van der Waals surface area contributed by atoms with Crippen molar-refractivity contribution in [3.63, 3.8) is 0 Å². The lowest BCUT2D eigenvalue weighted by molar-refractivity contribution is 0.0298. The third kappa shape index (κ3) is 5.46. The van der Waals surface area contributed by atoms with Gasteiger partial charge in [-0.2, -0.15) is 0 Å². The zero-order chi connectivity index (χ0) is 21.7. The smallest absolute Gasteiger partial charge is 0.260 e. The molecule has 0 radical (unpaired) electrons. The first-order valence-corrected chi connectivity index (χ1v) is 10.8. The summed E-state index contributed by atoms with van der Waals surface area (Å²) in [5.41, 5.74) is 0.671. The van der Waals surface area contributed by atoms with Crippen LogP contribution in [0.3, 0.4) is 0 Å². The molecule has 0 saturated heterocycles.